The van der Waals surface area contributed by atoms with Crippen molar-refractivity contribution in [1.29, 1.82) is 0 Å². The van der Waals surface area contributed by atoms with Crippen molar-refractivity contribution < 1.29 is 0 Å². The van der Waals surface area contributed by atoms with Crippen LogP contribution in [0.15, 0.2) is 66.9 Å². The molecule has 3 nitrogen and oxygen atoms in total. The Morgan fingerprint density at radius 2 is 1.53 bits per heavy atom. The van der Waals surface area contributed by atoms with Gasteiger partial charge in [-0.3, -0.25) is 0 Å². The maximum absolute atomic E-state index is 6.18. The molecule has 0 aliphatic heterocycles. The summed E-state index contributed by atoms with van der Waals surface area (Å²) < 4.78 is 1.83. The van der Waals surface area contributed by atoms with Crippen LogP contribution < -0.4 is 5.73 Å². The molecule has 0 aliphatic carbocycles. The van der Waals surface area contributed by atoms with Gasteiger partial charge in [0.15, 0.2) is 0 Å². The van der Waals surface area contributed by atoms with Crippen molar-refractivity contribution in [1.82, 2.24) is 9.78 Å². The molecule has 2 aromatic carbocycles. The van der Waals surface area contributed by atoms with Gasteiger partial charge in [0, 0.05) is 5.56 Å². The molecule has 0 unspecified atom stereocenters. The summed E-state index contributed by atoms with van der Waals surface area (Å²) >= 11 is 0. The van der Waals surface area contributed by atoms with E-state index < -0.39 is 0 Å². The highest BCUT2D eigenvalue weighted by Crippen LogP contribution is 2.25. The topological polar surface area (TPSA) is 43.8 Å². The molecule has 0 spiro atoms. The van der Waals surface area contributed by atoms with Crippen LogP contribution in [-0.2, 0) is 6.54 Å². The molecule has 3 heteroatoms. The quantitative estimate of drug-likeness (QED) is 0.774. The highest BCUT2D eigenvalue weighted by Gasteiger charge is 2.09. The van der Waals surface area contributed by atoms with E-state index in [4.69, 9.17) is 5.73 Å². The van der Waals surface area contributed by atoms with E-state index in [9.17, 15) is 0 Å². The molecule has 3 aromatic rings. The third kappa shape index (κ3) is 2.36. The Morgan fingerprint density at radius 1 is 0.895 bits per heavy atom. The first-order chi connectivity index (χ1) is 9.34. The first kappa shape index (κ1) is 11.5. The van der Waals surface area contributed by atoms with E-state index in [1.165, 1.54) is 5.56 Å². The Balaban J connectivity index is 1.92. The molecule has 1 aromatic heterocycles. The molecule has 3 rings (SSSR count). The van der Waals surface area contributed by atoms with Gasteiger partial charge in [0.2, 0.25) is 0 Å². The lowest BCUT2D eigenvalue weighted by Gasteiger charge is -2.05. The highest BCUT2D eigenvalue weighted by atomic mass is 15.3. The summed E-state index contributed by atoms with van der Waals surface area (Å²) in [5.74, 6) is 0.704. The molecular weight excluding hydrogens is 234 g/mol. The van der Waals surface area contributed by atoms with Crippen LogP contribution >= 0.6 is 0 Å². The number of benzene rings is 2. The Kier molecular flexibility index (Phi) is 3.02. The highest BCUT2D eigenvalue weighted by molar-refractivity contribution is 5.73. The van der Waals surface area contributed by atoms with Crippen LogP contribution in [0.1, 0.15) is 5.56 Å². The second kappa shape index (κ2) is 4.98. The summed E-state index contributed by atoms with van der Waals surface area (Å²) in [7, 11) is 0. The van der Waals surface area contributed by atoms with Crippen LogP contribution in [0.3, 0.4) is 0 Å². The monoisotopic (exact) mass is 249 g/mol. The van der Waals surface area contributed by atoms with Gasteiger partial charge in [0.05, 0.1) is 12.7 Å². The predicted molar refractivity (Wildman–Crippen MR) is 77.6 cm³/mol. The van der Waals surface area contributed by atoms with Crippen LogP contribution in [0.4, 0.5) is 5.82 Å². The Bertz CT molecular complexity index is 657. The SMILES string of the molecule is Nc1c(-c2ccccc2)cnn1Cc1ccccc1. The van der Waals surface area contributed by atoms with Gasteiger partial charge in [-0.1, -0.05) is 60.7 Å². The number of nitrogens with two attached hydrogens (primary N) is 1. The smallest absolute Gasteiger partial charge is 0.129 e. The van der Waals surface area contributed by atoms with E-state index in [-0.39, 0.29) is 0 Å². The molecule has 0 saturated heterocycles. The lowest BCUT2D eigenvalue weighted by molar-refractivity contribution is 0.697. The van der Waals surface area contributed by atoms with Gasteiger partial charge < -0.3 is 5.73 Å². The lowest BCUT2D eigenvalue weighted by Crippen LogP contribution is -2.05. The molecule has 0 atom stereocenters. The van der Waals surface area contributed by atoms with Crippen LogP contribution in [0.2, 0.25) is 0 Å². The molecule has 0 amide bonds. The van der Waals surface area contributed by atoms with Crippen molar-refractivity contribution >= 4 is 5.82 Å². The maximum atomic E-state index is 6.18. The van der Waals surface area contributed by atoms with E-state index in [1.54, 1.807) is 0 Å². The lowest BCUT2D eigenvalue weighted by atomic mass is 10.1. The molecule has 94 valence electrons. The Labute approximate surface area is 112 Å². The van der Waals surface area contributed by atoms with E-state index in [0.717, 1.165) is 11.1 Å². The van der Waals surface area contributed by atoms with E-state index in [0.29, 0.717) is 12.4 Å². The average Bonchev–Trinajstić information content (AvgIpc) is 2.82. The van der Waals surface area contributed by atoms with E-state index in [1.807, 2.05) is 59.4 Å². The largest absolute Gasteiger partial charge is 0.383 e. The summed E-state index contributed by atoms with van der Waals surface area (Å²) in [6, 6.07) is 20.3. The fourth-order valence-electron chi connectivity index (χ4n) is 2.12. The third-order valence-corrected chi connectivity index (χ3v) is 3.14. The second-order valence-electron chi connectivity index (χ2n) is 4.45. The van der Waals surface area contributed by atoms with Crippen molar-refractivity contribution in [2.45, 2.75) is 6.54 Å². The zero-order chi connectivity index (χ0) is 13.1. The van der Waals surface area contributed by atoms with Crippen molar-refractivity contribution in [2.24, 2.45) is 0 Å². The van der Waals surface area contributed by atoms with Gasteiger partial charge in [-0.05, 0) is 11.1 Å². The zero-order valence-electron chi connectivity index (χ0n) is 10.5. The van der Waals surface area contributed by atoms with Crippen LogP contribution in [0.25, 0.3) is 11.1 Å². The summed E-state index contributed by atoms with van der Waals surface area (Å²) in [5, 5.41) is 4.38. The zero-order valence-corrected chi connectivity index (χ0v) is 10.5. The minimum absolute atomic E-state index is 0.694. The fourth-order valence-corrected chi connectivity index (χ4v) is 2.12. The number of nitrogen functional groups attached to an aromatic ring is 1. The molecule has 0 radical (unpaired) electrons. The number of hydrogen-bond donors (Lipinski definition) is 1. The van der Waals surface area contributed by atoms with Gasteiger partial charge in [-0.15, -0.1) is 0 Å². The van der Waals surface area contributed by atoms with Crippen LogP contribution in [0.5, 0.6) is 0 Å². The van der Waals surface area contributed by atoms with Crippen molar-refractivity contribution in [3.8, 4) is 11.1 Å². The average molecular weight is 249 g/mol. The maximum Gasteiger partial charge on any atom is 0.129 e. The Morgan fingerprint density at radius 3 is 2.21 bits per heavy atom. The predicted octanol–water partition coefficient (Wildman–Crippen LogP) is 3.18. The molecule has 0 aliphatic rings. The fraction of sp³-hybridized carbons (Fsp3) is 0.0625. The molecule has 0 saturated carbocycles. The second-order valence-corrected chi connectivity index (χ2v) is 4.45. The van der Waals surface area contributed by atoms with Crippen molar-refractivity contribution in [2.75, 3.05) is 5.73 Å². The summed E-state index contributed by atoms with van der Waals surface area (Å²) in [6.07, 6.45) is 1.83. The number of aromatic nitrogens is 2. The number of hydrogen-bond acceptors (Lipinski definition) is 2. The van der Waals surface area contributed by atoms with Gasteiger partial charge >= 0.3 is 0 Å². The van der Waals surface area contributed by atoms with Crippen molar-refractivity contribution in [3.63, 3.8) is 0 Å². The molecular formula is C16H15N3. The molecule has 0 bridgehead atoms. The minimum atomic E-state index is 0.694. The van der Waals surface area contributed by atoms with Crippen molar-refractivity contribution in [3.05, 3.63) is 72.4 Å². The minimum Gasteiger partial charge on any atom is -0.383 e. The molecule has 1 heterocycles. The summed E-state index contributed by atoms with van der Waals surface area (Å²) in [4.78, 5) is 0. The van der Waals surface area contributed by atoms with Gasteiger partial charge in [0.25, 0.3) is 0 Å². The summed E-state index contributed by atoms with van der Waals surface area (Å²) in [5.41, 5.74) is 9.45. The number of rotatable bonds is 3. The molecule has 19 heavy (non-hydrogen) atoms. The Hall–Kier alpha value is -2.55. The number of nitrogens with zero attached hydrogens (tertiary/aromatic N) is 2. The summed E-state index contributed by atoms with van der Waals surface area (Å²) in [6.45, 7) is 0.694. The van der Waals surface area contributed by atoms with E-state index >= 15 is 0 Å². The van der Waals surface area contributed by atoms with Gasteiger partial charge in [0.1, 0.15) is 5.82 Å². The van der Waals surface area contributed by atoms with E-state index in [2.05, 4.69) is 17.2 Å². The first-order valence-electron chi connectivity index (χ1n) is 6.25. The molecule has 2 N–H and O–H groups in total. The normalized spacial score (nSPS) is 10.5. The van der Waals surface area contributed by atoms with Crippen LogP contribution in [-0.4, -0.2) is 9.78 Å². The van der Waals surface area contributed by atoms with Gasteiger partial charge in [-0.25, -0.2) is 4.68 Å². The third-order valence-electron chi connectivity index (χ3n) is 3.14. The molecule has 0 fully saturated rings. The first-order valence-corrected chi connectivity index (χ1v) is 6.25. The standard InChI is InChI=1S/C16H15N3/c17-16-15(14-9-5-2-6-10-14)11-18-19(16)12-13-7-3-1-4-8-13/h1-11H,12,17H2. The van der Waals surface area contributed by atoms with Crippen LogP contribution in [0, 0.1) is 0 Å². The van der Waals surface area contributed by atoms with Gasteiger partial charge in [-0.2, -0.15) is 5.10 Å². The number of anilines is 1.